The summed E-state index contributed by atoms with van der Waals surface area (Å²) in [5.74, 6) is 0.245. The van der Waals surface area contributed by atoms with Crippen LogP contribution in [0, 0.1) is 18.3 Å². The highest BCUT2D eigenvalue weighted by Crippen LogP contribution is 2.20. The van der Waals surface area contributed by atoms with Gasteiger partial charge < -0.3 is 10.2 Å². The van der Waals surface area contributed by atoms with Gasteiger partial charge >= 0.3 is 5.69 Å². The van der Waals surface area contributed by atoms with Crippen molar-refractivity contribution in [1.82, 2.24) is 14.0 Å². The Morgan fingerprint density at radius 2 is 1.76 bits per heavy atom. The SMILES string of the molecule is Cc1ccc(C(CNc2c(C#N)c(=O)n(C)c(=O)n2C)N(C)C)cc1. The first-order chi connectivity index (χ1) is 11.8. The minimum Gasteiger partial charge on any atom is -0.368 e. The quantitative estimate of drug-likeness (QED) is 0.876. The van der Waals surface area contributed by atoms with E-state index >= 15 is 0 Å². The number of rotatable bonds is 5. The number of hydrogen-bond donors (Lipinski definition) is 1. The standard InChI is InChI=1S/C18H23N5O2/c1-12-6-8-13(9-7-12)15(21(2)3)11-20-16-14(10-19)17(24)23(5)18(25)22(16)4/h6-9,15,20H,11H2,1-5H3. The molecule has 1 unspecified atom stereocenters. The highest BCUT2D eigenvalue weighted by molar-refractivity contribution is 5.51. The third kappa shape index (κ3) is 3.64. The number of nitriles is 1. The Morgan fingerprint density at radius 1 is 1.16 bits per heavy atom. The molecule has 7 nitrogen and oxygen atoms in total. The number of anilines is 1. The van der Waals surface area contributed by atoms with Crippen LogP contribution in [0.5, 0.6) is 0 Å². The molecule has 1 atom stereocenters. The van der Waals surface area contributed by atoms with Crippen LogP contribution in [-0.2, 0) is 14.1 Å². The van der Waals surface area contributed by atoms with E-state index in [4.69, 9.17) is 0 Å². The van der Waals surface area contributed by atoms with E-state index in [0.29, 0.717) is 6.54 Å². The smallest absolute Gasteiger partial charge is 0.332 e. The number of aromatic nitrogens is 2. The lowest BCUT2D eigenvalue weighted by Crippen LogP contribution is -2.40. The highest BCUT2D eigenvalue weighted by atomic mass is 16.2. The van der Waals surface area contributed by atoms with Crippen molar-refractivity contribution in [1.29, 1.82) is 5.26 Å². The predicted molar refractivity (Wildman–Crippen MR) is 97.7 cm³/mol. The summed E-state index contributed by atoms with van der Waals surface area (Å²) in [7, 11) is 6.83. The zero-order chi connectivity index (χ0) is 18.7. The lowest BCUT2D eigenvalue weighted by atomic mass is 10.0. The summed E-state index contributed by atoms with van der Waals surface area (Å²) in [6, 6.07) is 10.1. The van der Waals surface area contributed by atoms with Gasteiger partial charge in [-0.25, -0.2) is 4.79 Å². The lowest BCUT2D eigenvalue weighted by Gasteiger charge is -2.26. The van der Waals surface area contributed by atoms with E-state index < -0.39 is 11.2 Å². The highest BCUT2D eigenvalue weighted by Gasteiger charge is 2.18. The maximum atomic E-state index is 12.2. The van der Waals surface area contributed by atoms with Crippen LogP contribution in [0.3, 0.4) is 0 Å². The molecule has 1 N–H and O–H groups in total. The van der Waals surface area contributed by atoms with Gasteiger partial charge in [0.15, 0.2) is 5.56 Å². The van der Waals surface area contributed by atoms with Crippen LogP contribution in [0.4, 0.5) is 5.82 Å². The fourth-order valence-electron chi connectivity index (χ4n) is 2.73. The van der Waals surface area contributed by atoms with Crippen LogP contribution in [0.25, 0.3) is 0 Å². The summed E-state index contributed by atoms with van der Waals surface area (Å²) in [4.78, 5) is 26.3. The summed E-state index contributed by atoms with van der Waals surface area (Å²) in [6.45, 7) is 2.48. The van der Waals surface area contributed by atoms with Crippen LogP contribution < -0.4 is 16.6 Å². The summed E-state index contributed by atoms with van der Waals surface area (Å²) in [6.07, 6.45) is 0. The van der Waals surface area contributed by atoms with E-state index in [2.05, 4.69) is 17.4 Å². The number of aryl methyl sites for hydroxylation is 1. The predicted octanol–water partition coefficient (Wildman–Crippen LogP) is 0.979. The monoisotopic (exact) mass is 341 g/mol. The fourth-order valence-corrected chi connectivity index (χ4v) is 2.73. The maximum Gasteiger partial charge on any atom is 0.332 e. The molecule has 0 amide bonds. The first-order valence-electron chi connectivity index (χ1n) is 7.95. The molecule has 0 bridgehead atoms. The molecule has 2 aromatic rings. The summed E-state index contributed by atoms with van der Waals surface area (Å²) in [5, 5.41) is 12.5. The Kier molecular flexibility index (Phi) is 5.45. The van der Waals surface area contributed by atoms with Crippen LogP contribution in [0.2, 0.25) is 0 Å². The molecule has 0 aliphatic heterocycles. The van der Waals surface area contributed by atoms with Gasteiger partial charge in [0.2, 0.25) is 0 Å². The number of hydrogen-bond acceptors (Lipinski definition) is 5. The molecule has 7 heteroatoms. The Labute approximate surface area is 146 Å². The van der Waals surface area contributed by atoms with Gasteiger partial charge in [-0.1, -0.05) is 29.8 Å². The molecule has 1 aromatic heterocycles. The maximum absolute atomic E-state index is 12.2. The Bertz CT molecular complexity index is 917. The van der Waals surface area contributed by atoms with Crippen molar-refractivity contribution in [2.45, 2.75) is 13.0 Å². The van der Waals surface area contributed by atoms with E-state index in [1.807, 2.05) is 44.1 Å². The Morgan fingerprint density at radius 3 is 2.28 bits per heavy atom. The molecule has 2 rings (SSSR count). The molecule has 0 fully saturated rings. The van der Waals surface area contributed by atoms with Gasteiger partial charge in [-0.3, -0.25) is 13.9 Å². The molecule has 1 heterocycles. The van der Waals surface area contributed by atoms with Crippen molar-refractivity contribution in [3.05, 3.63) is 61.8 Å². The number of likely N-dealkylation sites (N-methyl/N-ethyl adjacent to an activating group) is 1. The molecular weight excluding hydrogens is 318 g/mol. The minimum absolute atomic E-state index is 0.0197. The zero-order valence-corrected chi connectivity index (χ0v) is 15.2. The average molecular weight is 341 g/mol. The normalized spacial score (nSPS) is 12.0. The largest absolute Gasteiger partial charge is 0.368 e. The van der Waals surface area contributed by atoms with Crippen molar-refractivity contribution in [3.63, 3.8) is 0 Å². The first-order valence-corrected chi connectivity index (χ1v) is 7.95. The topological polar surface area (TPSA) is 83.1 Å². The van der Waals surface area contributed by atoms with Gasteiger partial charge in [-0.15, -0.1) is 0 Å². The van der Waals surface area contributed by atoms with Crippen molar-refractivity contribution in [2.24, 2.45) is 14.1 Å². The second-order valence-corrected chi connectivity index (χ2v) is 6.31. The van der Waals surface area contributed by atoms with Gasteiger partial charge in [-0.2, -0.15) is 5.26 Å². The molecule has 0 saturated heterocycles. The van der Waals surface area contributed by atoms with Gasteiger partial charge in [0.1, 0.15) is 11.9 Å². The molecule has 0 spiro atoms. The van der Waals surface area contributed by atoms with Crippen LogP contribution >= 0.6 is 0 Å². The Hall–Kier alpha value is -2.85. The summed E-state index contributed by atoms with van der Waals surface area (Å²) < 4.78 is 2.23. The first kappa shape index (κ1) is 18.5. The van der Waals surface area contributed by atoms with Crippen molar-refractivity contribution >= 4 is 5.82 Å². The molecule has 1 aromatic carbocycles. The lowest BCUT2D eigenvalue weighted by molar-refractivity contribution is 0.311. The molecule has 0 aliphatic carbocycles. The van der Waals surface area contributed by atoms with Gasteiger partial charge in [0.05, 0.1) is 6.04 Å². The van der Waals surface area contributed by atoms with E-state index in [0.717, 1.165) is 10.1 Å². The van der Waals surface area contributed by atoms with Gasteiger partial charge in [-0.05, 0) is 26.6 Å². The number of benzene rings is 1. The van der Waals surface area contributed by atoms with Crippen molar-refractivity contribution in [2.75, 3.05) is 26.0 Å². The van der Waals surface area contributed by atoms with Crippen LogP contribution in [-0.4, -0.2) is 34.7 Å². The van der Waals surface area contributed by atoms with Crippen LogP contribution in [0.1, 0.15) is 22.7 Å². The third-order valence-corrected chi connectivity index (χ3v) is 4.32. The zero-order valence-electron chi connectivity index (χ0n) is 15.2. The number of nitrogens with one attached hydrogen (secondary N) is 1. The van der Waals surface area contributed by atoms with Gasteiger partial charge in [0, 0.05) is 20.6 Å². The van der Waals surface area contributed by atoms with Crippen LogP contribution in [0.15, 0.2) is 33.9 Å². The van der Waals surface area contributed by atoms with E-state index in [-0.39, 0.29) is 17.4 Å². The molecule has 25 heavy (non-hydrogen) atoms. The summed E-state index contributed by atoms with van der Waals surface area (Å²) >= 11 is 0. The number of nitrogens with zero attached hydrogens (tertiary/aromatic N) is 4. The average Bonchev–Trinajstić information content (AvgIpc) is 2.58. The van der Waals surface area contributed by atoms with E-state index in [9.17, 15) is 14.9 Å². The fraction of sp³-hybridized carbons (Fsp3) is 0.389. The van der Waals surface area contributed by atoms with E-state index in [1.165, 1.54) is 17.2 Å². The molecular formula is C18H23N5O2. The third-order valence-electron chi connectivity index (χ3n) is 4.32. The summed E-state index contributed by atoms with van der Waals surface area (Å²) in [5.41, 5.74) is 1.16. The molecule has 132 valence electrons. The van der Waals surface area contributed by atoms with Crippen molar-refractivity contribution < 1.29 is 0 Å². The second-order valence-electron chi connectivity index (χ2n) is 6.31. The molecule has 0 aliphatic rings. The van der Waals surface area contributed by atoms with Crippen molar-refractivity contribution in [3.8, 4) is 6.07 Å². The van der Waals surface area contributed by atoms with E-state index in [1.54, 1.807) is 7.05 Å². The second kappa shape index (κ2) is 7.36. The Balaban J connectivity index is 2.39. The molecule has 0 radical (unpaired) electrons. The molecule has 0 saturated carbocycles. The minimum atomic E-state index is -0.593. The van der Waals surface area contributed by atoms with Gasteiger partial charge in [0.25, 0.3) is 5.56 Å².